The van der Waals surface area contributed by atoms with Crippen LogP contribution in [0.4, 0.5) is 5.82 Å². The molecule has 1 aromatic rings. The predicted molar refractivity (Wildman–Crippen MR) is 68.1 cm³/mol. The molecule has 2 rings (SSSR count). The Balaban J connectivity index is 1.95. The fourth-order valence-corrected chi connectivity index (χ4v) is 1.62. The molecule has 0 atom stereocenters. The van der Waals surface area contributed by atoms with Gasteiger partial charge in [-0.2, -0.15) is 0 Å². The lowest BCUT2D eigenvalue weighted by atomic mass is 10.1. The molecule has 1 aliphatic carbocycles. The first-order valence-corrected chi connectivity index (χ1v) is 6.12. The SMILES string of the molecule is CCNc1cccc(C(=O)NCC2(C)CC2)n1. The number of carbonyl (C=O) groups is 1. The van der Waals surface area contributed by atoms with Gasteiger partial charge in [-0.15, -0.1) is 0 Å². The predicted octanol–water partition coefficient (Wildman–Crippen LogP) is 2.04. The molecular weight excluding hydrogens is 214 g/mol. The van der Waals surface area contributed by atoms with Crippen LogP contribution in [0.2, 0.25) is 0 Å². The van der Waals surface area contributed by atoms with Crippen molar-refractivity contribution in [1.82, 2.24) is 10.3 Å². The summed E-state index contributed by atoms with van der Waals surface area (Å²) in [5.41, 5.74) is 0.808. The molecule has 1 amide bonds. The molecule has 92 valence electrons. The number of anilines is 1. The standard InChI is InChI=1S/C13H19N3O/c1-3-14-11-6-4-5-10(16-11)12(17)15-9-13(2)7-8-13/h4-6H,3,7-9H2,1-2H3,(H,14,16)(H,15,17). The maximum Gasteiger partial charge on any atom is 0.269 e. The van der Waals surface area contributed by atoms with E-state index in [4.69, 9.17) is 0 Å². The van der Waals surface area contributed by atoms with Crippen molar-refractivity contribution in [2.75, 3.05) is 18.4 Å². The van der Waals surface area contributed by atoms with Gasteiger partial charge in [0.25, 0.3) is 5.91 Å². The number of hydrogen-bond acceptors (Lipinski definition) is 3. The van der Waals surface area contributed by atoms with Crippen LogP contribution in [0.1, 0.15) is 37.2 Å². The molecule has 1 saturated carbocycles. The molecule has 1 aromatic heterocycles. The fourth-order valence-electron chi connectivity index (χ4n) is 1.62. The Kier molecular flexibility index (Phi) is 3.31. The van der Waals surface area contributed by atoms with Crippen LogP contribution in [0.15, 0.2) is 18.2 Å². The molecule has 0 aliphatic heterocycles. The van der Waals surface area contributed by atoms with Gasteiger partial charge in [0, 0.05) is 13.1 Å². The summed E-state index contributed by atoms with van der Waals surface area (Å²) in [7, 11) is 0. The first kappa shape index (κ1) is 11.9. The number of aromatic nitrogens is 1. The molecule has 1 heterocycles. The van der Waals surface area contributed by atoms with Gasteiger partial charge in [0.1, 0.15) is 11.5 Å². The van der Waals surface area contributed by atoms with Crippen LogP contribution in [0.3, 0.4) is 0 Å². The summed E-state index contributed by atoms with van der Waals surface area (Å²) >= 11 is 0. The van der Waals surface area contributed by atoms with Crippen LogP contribution in [-0.2, 0) is 0 Å². The van der Waals surface area contributed by atoms with Crippen molar-refractivity contribution in [2.45, 2.75) is 26.7 Å². The quantitative estimate of drug-likeness (QED) is 0.818. The fraction of sp³-hybridized carbons (Fsp3) is 0.538. The number of nitrogens with one attached hydrogen (secondary N) is 2. The highest BCUT2D eigenvalue weighted by Crippen LogP contribution is 2.44. The van der Waals surface area contributed by atoms with E-state index in [1.54, 1.807) is 6.07 Å². The molecule has 4 heteroatoms. The molecular formula is C13H19N3O. The molecule has 0 spiro atoms. The minimum atomic E-state index is -0.0853. The van der Waals surface area contributed by atoms with E-state index in [9.17, 15) is 4.79 Å². The zero-order chi connectivity index (χ0) is 12.3. The molecule has 1 fully saturated rings. The largest absolute Gasteiger partial charge is 0.370 e. The summed E-state index contributed by atoms with van der Waals surface area (Å²) in [6.45, 7) is 5.74. The van der Waals surface area contributed by atoms with Gasteiger partial charge in [0.15, 0.2) is 0 Å². The van der Waals surface area contributed by atoms with Crippen LogP contribution >= 0.6 is 0 Å². The molecule has 17 heavy (non-hydrogen) atoms. The number of hydrogen-bond donors (Lipinski definition) is 2. The van der Waals surface area contributed by atoms with Gasteiger partial charge in [0.2, 0.25) is 0 Å². The average Bonchev–Trinajstić information content (AvgIpc) is 3.06. The van der Waals surface area contributed by atoms with E-state index in [0.717, 1.165) is 18.9 Å². The summed E-state index contributed by atoms with van der Waals surface area (Å²) < 4.78 is 0. The maximum atomic E-state index is 11.9. The lowest BCUT2D eigenvalue weighted by molar-refractivity contribution is 0.0941. The third kappa shape index (κ3) is 3.19. The highest BCUT2D eigenvalue weighted by Gasteiger charge is 2.37. The first-order valence-electron chi connectivity index (χ1n) is 6.12. The topological polar surface area (TPSA) is 54.0 Å². The summed E-state index contributed by atoms with van der Waals surface area (Å²) in [6.07, 6.45) is 2.41. The minimum Gasteiger partial charge on any atom is -0.370 e. The highest BCUT2D eigenvalue weighted by atomic mass is 16.1. The Morgan fingerprint density at radius 3 is 2.88 bits per heavy atom. The summed E-state index contributed by atoms with van der Waals surface area (Å²) in [5.74, 6) is 0.663. The van der Waals surface area contributed by atoms with Gasteiger partial charge in [0.05, 0.1) is 0 Å². The van der Waals surface area contributed by atoms with Crippen molar-refractivity contribution in [3.05, 3.63) is 23.9 Å². The van der Waals surface area contributed by atoms with Crippen LogP contribution in [-0.4, -0.2) is 24.0 Å². The smallest absolute Gasteiger partial charge is 0.269 e. The maximum absolute atomic E-state index is 11.9. The molecule has 4 nitrogen and oxygen atoms in total. The van der Waals surface area contributed by atoms with Crippen molar-refractivity contribution in [3.8, 4) is 0 Å². The van der Waals surface area contributed by atoms with Crippen LogP contribution in [0.5, 0.6) is 0 Å². The van der Waals surface area contributed by atoms with Crippen LogP contribution < -0.4 is 10.6 Å². The van der Waals surface area contributed by atoms with Crippen molar-refractivity contribution < 1.29 is 4.79 Å². The Morgan fingerprint density at radius 2 is 2.24 bits per heavy atom. The van der Waals surface area contributed by atoms with Crippen molar-refractivity contribution >= 4 is 11.7 Å². The summed E-state index contributed by atoms with van der Waals surface area (Å²) in [4.78, 5) is 16.1. The first-order chi connectivity index (χ1) is 8.13. The Bertz CT molecular complexity index is 413. The molecule has 0 saturated heterocycles. The molecule has 0 bridgehead atoms. The number of nitrogens with zero attached hydrogens (tertiary/aromatic N) is 1. The zero-order valence-electron chi connectivity index (χ0n) is 10.4. The third-order valence-electron chi connectivity index (χ3n) is 3.12. The third-order valence-corrected chi connectivity index (χ3v) is 3.12. The number of amides is 1. The molecule has 1 aliphatic rings. The number of rotatable bonds is 5. The Morgan fingerprint density at radius 1 is 1.47 bits per heavy atom. The van der Waals surface area contributed by atoms with Crippen LogP contribution in [0.25, 0.3) is 0 Å². The van der Waals surface area contributed by atoms with E-state index in [-0.39, 0.29) is 5.91 Å². The van der Waals surface area contributed by atoms with Gasteiger partial charge >= 0.3 is 0 Å². The summed E-state index contributed by atoms with van der Waals surface area (Å²) in [5, 5.41) is 6.04. The highest BCUT2D eigenvalue weighted by molar-refractivity contribution is 5.92. The van der Waals surface area contributed by atoms with E-state index >= 15 is 0 Å². The molecule has 0 aromatic carbocycles. The van der Waals surface area contributed by atoms with E-state index in [1.807, 2.05) is 19.1 Å². The van der Waals surface area contributed by atoms with Gasteiger partial charge in [-0.25, -0.2) is 4.98 Å². The second-order valence-corrected chi connectivity index (χ2v) is 4.93. The van der Waals surface area contributed by atoms with Gasteiger partial charge in [-0.3, -0.25) is 4.79 Å². The van der Waals surface area contributed by atoms with Crippen molar-refractivity contribution in [3.63, 3.8) is 0 Å². The molecule has 0 radical (unpaired) electrons. The second kappa shape index (κ2) is 4.73. The normalized spacial score (nSPS) is 16.4. The van der Waals surface area contributed by atoms with E-state index in [2.05, 4.69) is 22.5 Å². The zero-order valence-corrected chi connectivity index (χ0v) is 10.4. The second-order valence-electron chi connectivity index (χ2n) is 4.93. The minimum absolute atomic E-state index is 0.0853. The van der Waals surface area contributed by atoms with Gasteiger partial charge in [-0.05, 0) is 37.3 Å². The van der Waals surface area contributed by atoms with Gasteiger partial charge < -0.3 is 10.6 Å². The van der Waals surface area contributed by atoms with Crippen molar-refractivity contribution in [2.24, 2.45) is 5.41 Å². The van der Waals surface area contributed by atoms with E-state index < -0.39 is 0 Å². The molecule has 2 N–H and O–H groups in total. The Hall–Kier alpha value is -1.58. The Labute approximate surface area is 102 Å². The molecule has 0 unspecified atom stereocenters. The summed E-state index contributed by atoms with van der Waals surface area (Å²) in [6, 6.07) is 5.45. The van der Waals surface area contributed by atoms with Crippen molar-refractivity contribution in [1.29, 1.82) is 0 Å². The van der Waals surface area contributed by atoms with E-state index in [1.165, 1.54) is 12.8 Å². The van der Waals surface area contributed by atoms with E-state index in [0.29, 0.717) is 11.1 Å². The number of pyridine rings is 1. The lowest BCUT2D eigenvalue weighted by Crippen LogP contribution is -2.29. The number of carbonyl (C=O) groups excluding carboxylic acids is 1. The van der Waals surface area contributed by atoms with Gasteiger partial charge in [-0.1, -0.05) is 13.0 Å². The lowest BCUT2D eigenvalue weighted by Gasteiger charge is -2.10. The monoisotopic (exact) mass is 233 g/mol. The van der Waals surface area contributed by atoms with Crippen LogP contribution in [0, 0.1) is 5.41 Å². The average molecular weight is 233 g/mol.